The molecule has 11 heavy (non-hydrogen) atoms. The van der Waals surface area contributed by atoms with Crippen LogP contribution in [0, 0.1) is 0 Å². The first-order valence-electron chi connectivity index (χ1n) is 3.38. The van der Waals surface area contributed by atoms with Gasteiger partial charge in [0.25, 0.3) is 0 Å². The first kappa shape index (κ1) is 8.36. The molecule has 0 aliphatic carbocycles. The zero-order valence-corrected chi connectivity index (χ0v) is 7.43. The molecule has 1 heterocycles. The molecule has 3 nitrogen and oxygen atoms in total. The van der Waals surface area contributed by atoms with Gasteiger partial charge in [0.15, 0.2) is 0 Å². The van der Waals surface area contributed by atoms with Crippen LogP contribution < -0.4 is 5.73 Å². The molecule has 0 saturated heterocycles. The lowest BCUT2D eigenvalue weighted by atomic mass is 10.2. The summed E-state index contributed by atoms with van der Waals surface area (Å²) in [5.41, 5.74) is 7.81. The van der Waals surface area contributed by atoms with E-state index in [1.807, 2.05) is 19.9 Å². The summed E-state index contributed by atoms with van der Waals surface area (Å²) in [6, 6.07) is -0.0984. The fourth-order valence-corrected chi connectivity index (χ4v) is 1.23. The lowest BCUT2D eigenvalue weighted by molar-refractivity contribution is 0.869. The summed E-state index contributed by atoms with van der Waals surface area (Å²) >= 11 is 1.19. The third-order valence-electron chi connectivity index (χ3n) is 1.23. The second kappa shape index (κ2) is 3.59. The zero-order valence-electron chi connectivity index (χ0n) is 6.61. The first-order valence-corrected chi connectivity index (χ1v) is 4.11. The van der Waals surface area contributed by atoms with Crippen LogP contribution in [0.15, 0.2) is 17.8 Å². The normalized spacial score (nSPS) is 12.6. The van der Waals surface area contributed by atoms with Crippen LogP contribution in [-0.2, 0) is 0 Å². The highest BCUT2D eigenvalue weighted by Gasteiger charge is 2.03. The minimum atomic E-state index is -0.0984. The van der Waals surface area contributed by atoms with Gasteiger partial charge in [-0.15, -0.1) is 0 Å². The highest BCUT2D eigenvalue weighted by molar-refractivity contribution is 6.99. The number of allylic oxidation sites excluding steroid dienone is 1. The van der Waals surface area contributed by atoms with Crippen LogP contribution in [0.1, 0.15) is 25.6 Å². The van der Waals surface area contributed by atoms with Crippen LogP contribution in [0.3, 0.4) is 0 Å². The van der Waals surface area contributed by atoms with Crippen LogP contribution in [0.25, 0.3) is 0 Å². The maximum Gasteiger partial charge on any atom is 0.0949 e. The van der Waals surface area contributed by atoms with Crippen molar-refractivity contribution in [1.82, 2.24) is 8.75 Å². The predicted molar refractivity (Wildman–Crippen MR) is 46.3 cm³/mol. The van der Waals surface area contributed by atoms with Gasteiger partial charge >= 0.3 is 0 Å². The van der Waals surface area contributed by atoms with E-state index < -0.39 is 0 Å². The summed E-state index contributed by atoms with van der Waals surface area (Å²) in [6.07, 6.45) is 3.67. The SMILES string of the molecule is CC(C)=CC(N)c1cnsn1. The molecule has 1 aromatic heterocycles. The van der Waals surface area contributed by atoms with Crippen LogP contribution in [-0.4, -0.2) is 8.75 Å². The van der Waals surface area contributed by atoms with Crippen molar-refractivity contribution in [2.75, 3.05) is 0 Å². The van der Waals surface area contributed by atoms with E-state index in [2.05, 4.69) is 8.75 Å². The molecule has 4 heteroatoms. The molecule has 2 N–H and O–H groups in total. The van der Waals surface area contributed by atoms with E-state index in [1.165, 1.54) is 17.3 Å². The highest BCUT2D eigenvalue weighted by Crippen LogP contribution is 2.10. The van der Waals surface area contributed by atoms with Crippen molar-refractivity contribution in [1.29, 1.82) is 0 Å². The van der Waals surface area contributed by atoms with Crippen molar-refractivity contribution >= 4 is 11.7 Å². The minimum Gasteiger partial charge on any atom is -0.319 e. The van der Waals surface area contributed by atoms with E-state index in [-0.39, 0.29) is 6.04 Å². The molecule has 1 unspecified atom stereocenters. The molecule has 0 bridgehead atoms. The molecule has 0 aromatic carbocycles. The van der Waals surface area contributed by atoms with Crippen molar-refractivity contribution in [3.05, 3.63) is 23.5 Å². The Kier molecular flexibility index (Phi) is 2.73. The summed E-state index contributed by atoms with van der Waals surface area (Å²) < 4.78 is 7.90. The third-order valence-corrected chi connectivity index (χ3v) is 1.72. The van der Waals surface area contributed by atoms with E-state index >= 15 is 0 Å². The number of nitrogens with two attached hydrogens (primary N) is 1. The Morgan fingerprint density at radius 2 is 2.45 bits per heavy atom. The maximum absolute atomic E-state index is 5.77. The average molecular weight is 169 g/mol. The molecule has 0 spiro atoms. The van der Waals surface area contributed by atoms with E-state index in [9.17, 15) is 0 Å². The van der Waals surface area contributed by atoms with Gasteiger partial charge in [0.2, 0.25) is 0 Å². The van der Waals surface area contributed by atoms with E-state index in [0.29, 0.717) is 0 Å². The minimum absolute atomic E-state index is 0.0984. The molecule has 1 aromatic rings. The summed E-state index contributed by atoms with van der Waals surface area (Å²) in [5, 5.41) is 0. The van der Waals surface area contributed by atoms with Gasteiger partial charge in [-0.1, -0.05) is 11.6 Å². The van der Waals surface area contributed by atoms with E-state index in [1.54, 1.807) is 6.20 Å². The molecule has 1 rings (SSSR count). The second-order valence-electron chi connectivity index (χ2n) is 2.60. The van der Waals surface area contributed by atoms with Gasteiger partial charge in [0, 0.05) is 0 Å². The van der Waals surface area contributed by atoms with Crippen LogP contribution in [0.5, 0.6) is 0 Å². The van der Waals surface area contributed by atoms with Gasteiger partial charge in [0.05, 0.1) is 29.7 Å². The van der Waals surface area contributed by atoms with Gasteiger partial charge in [-0.2, -0.15) is 8.75 Å². The molecule has 60 valence electrons. The van der Waals surface area contributed by atoms with Gasteiger partial charge in [-0.05, 0) is 13.8 Å². The van der Waals surface area contributed by atoms with Gasteiger partial charge in [-0.25, -0.2) is 0 Å². The van der Waals surface area contributed by atoms with E-state index in [4.69, 9.17) is 5.73 Å². The average Bonchev–Trinajstić information content (AvgIpc) is 2.35. The monoisotopic (exact) mass is 169 g/mol. The van der Waals surface area contributed by atoms with Crippen molar-refractivity contribution in [2.24, 2.45) is 5.73 Å². The predicted octanol–water partition coefficient (Wildman–Crippen LogP) is 1.50. The quantitative estimate of drug-likeness (QED) is 0.683. The van der Waals surface area contributed by atoms with Crippen molar-refractivity contribution in [3.8, 4) is 0 Å². The topological polar surface area (TPSA) is 51.8 Å². The molecule has 0 radical (unpaired) electrons. The van der Waals surface area contributed by atoms with Gasteiger partial charge in [0.1, 0.15) is 0 Å². The van der Waals surface area contributed by atoms with Crippen molar-refractivity contribution in [3.63, 3.8) is 0 Å². The zero-order chi connectivity index (χ0) is 8.27. The lowest BCUT2D eigenvalue weighted by Gasteiger charge is -2.00. The second-order valence-corrected chi connectivity index (χ2v) is 3.16. The highest BCUT2D eigenvalue weighted by atomic mass is 32.1. The summed E-state index contributed by atoms with van der Waals surface area (Å²) in [7, 11) is 0. The van der Waals surface area contributed by atoms with Crippen LogP contribution in [0.4, 0.5) is 0 Å². The molecular formula is C7H11N3S. The van der Waals surface area contributed by atoms with Gasteiger partial charge < -0.3 is 5.73 Å². The molecular weight excluding hydrogens is 158 g/mol. The van der Waals surface area contributed by atoms with E-state index in [0.717, 1.165) is 5.69 Å². The fourth-order valence-electron chi connectivity index (χ4n) is 0.763. The number of hydrogen-bond acceptors (Lipinski definition) is 4. The molecule has 0 saturated carbocycles. The Labute approximate surface area is 70.3 Å². The maximum atomic E-state index is 5.77. The molecule has 0 aliphatic rings. The van der Waals surface area contributed by atoms with Crippen LogP contribution in [0.2, 0.25) is 0 Å². The standard InChI is InChI=1S/C7H11N3S/c1-5(2)3-6(8)7-4-9-11-10-7/h3-4,6H,8H2,1-2H3. The lowest BCUT2D eigenvalue weighted by Crippen LogP contribution is -2.07. The number of rotatable bonds is 2. The summed E-state index contributed by atoms with van der Waals surface area (Å²) in [6.45, 7) is 4.03. The fraction of sp³-hybridized carbons (Fsp3) is 0.429. The Balaban J connectivity index is 2.71. The Hall–Kier alpha value is -0.740. The third kappa shape index (κ3) is 2.40. The molecule has 1 atom stereocenters. The number of nitrogens with zero attached hydrogens (tertiary/aromatic N) is 2. The molecule has 0 amide bonds. The van der Waals surface area contributed by atoms with Gasteiger partial charge in [-0.3, -0.25) is 0 Å². The smallest absolute Gasteiger partial charge is 0.0949 e. The Morgan fingerprint density at radius 3 is 2.91 bits per heavy atom. The Morgan fingerprint density at radius 1 is 1.73 bits per heavy atom. The molecule has 0 fully saturated rings. The first-order chi connectivity index (χ1) is 5.20. The van der Waals surface area contributed by atoms with Crippen LogP contribution >= 0.6 is 11.7 Å². The number of aromatic nitrogens is 2. The van der Waals surface area contributed by atoms with Crippen molar-refractivity contribution in [2.45, 2.75) is 19.9 Å². The Bertz CT molecular complexity index is 236. The summed E-state index contributed by atoms with van der Waals surface area (Å²) in [5.74, 6) is 0. The number of hydrogen-bond donors (Lipinski definition) is 1. The van der Waals surface area contributed by atoms with Crippen molar-refractivity contribution < 1.29 is 0 Å². The molecule has 0 aliphatic heterocycles. The summed E-state index contributed by atoms with van der Waals surface area (Å²) in [4.78, 5) is 0. The largest absolute Gasteiger partial charge is 0.319 e.